The summed E-state index contributed by atoms with van der Waals surface area (Å²) in [6.07, 6.45) is 4.30. The molecule has 0 spiro atoms. The topological polar surface area (TPSA) is 49.9 Å². The molecule has 0 bridgehead atoms. The van der Waals surface area contributed by atoms with Crippen molar-refractivity contribution in [3.8, 4) is 0 Å². The van der Waals surface area contributed by atoms with Crippen LogP contribution in [0.2, 0.25) is 0 Å². The number of likely N-dealkylation sites (N-methyl/N-ethyl adjacent to an activating group) is 2. The molecule has 0 aliphatic rings. The van der Waals surface area contributed by atoms with Gasteiger partial charge in [0.2, 0.25) is 5.91 Å². The van der Waals surface area contributed by atoms with Gasteiger partial charge >= 0.3 is 6.09 Å². The Balaban J connectivity index is 4.11. The van der Waals surface area contributed by atoms with E-state index in [-0.39, 0.29) is 12.5 Å². The summed E-state index contributed by atoms with van der Waals surface area (Å²) < 4.78 is 5.20. The Bertz CT molecular complexity index is 335. The Morgan fingerprint density at radius 1 is 1.15 bits per heavy atom. The molecule has 20 heavy (non-hydrogen) atoms. The van der Waals surface area contributed by atoms with Crippen LogP contribution in [0.5, 0.6) is 0 Å². The van der Waals surface area contributed by atoms with Crippen molar-refractivity contribution < 1.29 is 14.3 Å². The normalized spacial score (nSPS) is 10.8. The number of carbonyl (C=O) groups is 2. The molecule has 0 aliphatic heterocycles. The lowest BCUT2D eigenvalue weighted by molar-refractivity contribution is -0.130. The minimum absolute atomic E-state index is 0.0346. The molecule has 5 nitrogen and oxygen atoms in total. The van der Waals surface area contributed by atoms with Crippen LogP contribution in [0.3, 0.4) is 0 Å². The first-order valence-electron chi connectivity index (χ1n) is 6.96. The molecule has 0 aromatic rings. The summed E-state index contributed by atoms with van der Waals surface area (Å²) >= 11 is 0. The van der Waals surface area contributed by atoms with Gasteiger partial charge in [0.1, 0.15) is 12.1 Å². The van der Waals surface area contributed by atoms with Crippen LogP contribution in [-0.2, 0) is 9.53 Å². The Hall–Kier alpha value is -1.52. The van der Waals surface area contributed by atoms with Gasteiger partial charge in [0, 0.05) is 20.6 Å². The molecule has 0 atom stereocenters. The number of nitrogens with zero attached hydrogens (tertiary/aromatic N) is 2. The molecule has 0 rings (SSSR count). The van der Waals surface area contributed by atoms with Gasteiger partial charge < -0.3 is 14.5 Å². The average molecular weight is 284 g/mol. The van der Waals surface area contributed by atoms with E-state index in [1.165, 1.54) is 4.90 Å². The van der Waals surface area contributed by atoms with Crippen LogP contribution >= 0.6 is 0 Å². The summed E-state index contributed by atoms with van der Waals surface area (Å²) in [5.41, 5.74) is -0.551. The monoisotopic (exact) mass is 284 g/mol. The third-order valence-electron chi connectivity index (χ3n) is 2.66. The van der Waals surface area contributed by atoms with Crippen LogP contribution < -0.4 is 0 Å². The van der Waals surface area contributed by atoms with Gasteiger partial charge in [-0.3, -0.25) is 4.79 Å². The van der Waals surface area contributed by atoms with Crippen LogP contribution in [0.15, 0.2) is 12.7 Å². The fraction of sp³-hybridized carbons (Fsp3) is 0.733. The maximum Gasteiger partial charge on any atom is 0.410 e. The lowest BCUT2D eigenvalue weighted by atomic mass is 10.2. The van der Waals surface area contributed by atoms with Gasteiger partial charge in [0.15, 0.2) is 0 Å². The second kappa shape index (κ2) is 8.61. The number of hydrogen-bond donors (Lipinski definition) is 0. The van der Waals surface area contributed by atoms with Crippen molar-refractivity contribution >= 4 is 12.0 Å². The highest BCUT2D eigenvalue weighted by atomic mass is 16.6. The molecule has 0 aliphatic carbocycles. The molecule has 0 fully saturated rings. The fourth-order valence-electron chi connectivity index (χ4n) is 1.49. The molecular weight excluding hydrogens is 256 g/mol. The lowest BCUT2D eigenvalue weighted by Crippen LogP contribution is -2.41. The Morgan fingerprint density at radius 2 is 1.75 bits per heavy atom. The summed E-state index contributed by atoms with van der Waals surface area (Å²) in [4.78, 5) is 26.6. The van der Waals surface area contributed by atoms with Crippen molar-refractivity contribution in [2.45, 2.75) is 45.6 Å². The molecular formula is C15H28N2O3. The summed E-state index contributed by atoms with van der Waals surface area (Å²) in [6.45, 7) is 9.78. The van der Waals surface area contributed by atoms with E-state index in [1.54, 1.807) is 39.8 Å². The zero-order valence-corrected chi connectivity index (χ0v) is 13.4. The molecule has 5 heteroatoms. The lowest BCUT2D eigenvalue weighted by Gasteiger charge is -2.26. The first-order valence-corrected chi connectivity index (χ1v) is 6.96. The third kappa shape index (κ3) is 8.56. The predicted molar refractivity (Wildman–Crippen MR) is 80.5 cm³/mol. The largest absolute Gasteiger partial charge is 0.444 e. The standard InChI is InChI=1S/C15H28N2O3/c1-7-8-9-10-11-16(5)13(18)12-17(6)14(19)20-15(2,3)4/h7H,1,8-12H2,2-6H3. The van der Waals surface area contributed by atoms with Gasteiger partial charge in [-0.25, -0.2) is 4.79 Å². The van der Waals surface area contributed by atoms with E-state index in [0.29, 0.717) is 6.54 Å². The first-order chi connectivity index (χ1) is 9.17. The second-order valence-electron chi connectivity index (χ2n) is 5.94. The van der Waals surface area contributed by atoms with Gasteiger partial charge in [-0.15, -0.1) is 6.58 Å². The number of amides is 2. The predicted octanol–water partition coefficient (Wildman–Crippen LogP) is 2.67. The number of hydrogen-bond acceptors (Lipinski definition) is 3. The molecule has 0 unspecified atom stereocenters. The SMILES string of the molecule is C=CCCCCN(C)C(=O)CN(C)C(=O)OC(C)(C)C. The van der Waals surface area contributed by atoms with Crippen molar-refractivity contribution in [2.24, 2.45) is 0 Å². The molecule has 0 saturated carbocycles. The number of unbranched alkanes of at least 4 members (excludes halogenated alkanes) is 2. The van der Waals surface area contributed by atoms with Crippen molar-refractivity contribution in [3.05, 3.63) is 12.7 Å². The molecule has 0 N–H and O–H groups in total. The zero-order valence-electron chi connectivity index (χ0n) is 13.4. The smallest absolute Gasteiger partial charge is 0.410 e. The maximum atomic E-state index is 11.9. The van der Waals surface area contributed by atoms with E-state index in [2.05, 4.69) is 6.58 Å². The van der Waals surface area contributed by atoms with E-state index in [4.69, 9.17) is 4.74 Å². The molecule has 0 radical (unpaired) electrons. The van der Waals surface area contributed by atoms with Crippen LogP contribution in [0, 0.1) is 0 Å². The van der Waals surface area contributed by atoms with E-state index >= 15 is 0 Å². The number of ether oxygens (including phenoxy) is 1. The number of allylic oxidation sites excluding steroid dienone is 1. The minimum atomic E-state index is -0.551. The first kappa shape index (κ1) is 18.5. The van der Waals surface area contributed by atoms with Crippen LogP contribution in [0.1, 0.15) is 40.0 Å². The Labute approximate surface area is 122 Å². The van der Waals surface area contributed by atoms with Crippen LogP contribution in [-0.4, -0.2) is 54.6 Å². The zero-order chi connectivity index (χ0) is 15.8. The summed E-state index contributed by atoms with van der Waals surface area (Å²) in [5, 5.41) is 0. The highest BCUT2D eigenvalue weighted by molar-refractivity contribution is 5.82. The summed E-state index contributed by atoms with van der Waals surface area (Å²) in [7, 11) is 3.32. The molecule has 0 heterocycles. The van der Waals surface area contributed by atoms with Gasteiger partial charge in [-0.05, 0) is 40.0 Å². The Kier molecular flexibility index (Phi) is 7.96. The molecule has 2 amide bonds. The van der Waals surface area contributed by atoms with E-state index in [1.807, 2.05) is 6.08 Å². The van der Waals surface area contributed by atoms with E-state index in [9.17, 15) is 9.59 Å². The quantitative estimate of drug-likeness (QED) is 0.533. The van der Waals surface area contributed by atoms with Crippen molar-refractivity contribution in [3.63, 3.8) is 0 Å². The van der Waals surface area contributed by atoms with Crippen LogP contribution in [0.4, 0.5) is 4.79 Å². The maximum absolute atomic E-state index is 11.9. The highest BCUT2D eigenvalue weighted by Crippen LogP contribution is 2.09. The van der Waals surface area contributed by atoms with Crippen molar-refractivity contribution in [2.75, 3.05) is 27.2 Å². The highest BCUT2D eigenvalue weighted by Gasteiger charge is 2.22. The van der Waals surface area contributed by atoms with E-state index < -0.39 is 11.7 Å². The van der Waals surface area contributed by atoms with Gasteiger partial charge in [0.05, 0.1) is 0 Å². The fourth-order valence-corrected chi connectivity index (χ4v) is 1.49. The molecule has 116 valence electrons. The minimum Gasteiger partial charge on any atom is -0.444 e. The van der Waals surface area contributed by atoms with Crippen molar-refractivity contribution in [1.82, 2.24) is 9.80 Å². The molecule has 0 saturated heterocycles. The van der Waals surface area contributed by atoms with Crippen molar-refractivity contribution in [1.29, 1.82) is 0 Å². The van der Waals surface area contributed by atoms with Gasteiger partial charge in [-0.1, -0.05) is 6.08 Å². The Morgan fingerprint density at radius 3 is 2.25 bits per heavy atom. The number of rotatable bonds is 7. The second-order valence-corrected chi connectivity index (χ2v) is 5.94. The third-order valence-corrected chi connectivity index (χ3v) is 2.66. The summed E-state index contributed by atoms with van der Waals surface area (Å²) in [5.74, 6) is -0.0861. The van der Waals surface area contributed by atoms with E-state index in [0.717, 1.165) is 19.3 Å². The average Bonchev–Trinajstić information content (AvgIpc) is 2.32. The van der Waals surface area contributed by atoms with Gasteiger partial charge in [0.25, 0.3) is 0 Å². The summed E-state index contributed by atoms with van der Waals surface area (Å²) in [6, 6.07) is 0. The number of carbonyl (C=O) groups excluding carboxylic acids is 2. The van der Waals surface area contributed by atoms with Gasteiger partial charge in [-0.2, -0.15) is 0 Å². The molecule has 0 aromatic carbocycles. The van der Waals surface area contributed by atoms with Crippen LogP contribution in [0.25, 0.3) is 0 Å². The molecule has 0 aromatic heterocycles.